The Kier molecular flexibility index (Phi) is 3.00. The van der Waals surface area contributed by atoms with Gasteiger partial charge in [0.2, 0.25) is 0 Å². The lowest BCUT2D eigenvalue weighted by molar-refractivity contribution is -0.128. The molecule has 16 heavy (non-hydrogen) atoms. The third kappa shape index (κ3) is 1.96. The minimum atomic E-state index is -0.632. The van der Waals surface area contributed by atoms with Crippen molar-refractivity contribution < 1.29 is 13.9 Å². The van der Waals surface area contributed by atoms with E-state index in [-0.39, 0.29) is 11.8 Å². The molecule has 0 amide bonds. The van der Waals surface area contributed by atoms with Gasteiger partial charge in [-0.1, -0.05) is 11.6 Å². The summed E-state index contributed by atoms with van der Waals surface area (Å²) in [5.74, 6) is -0.632. The summed E-state index contributed by atoms with van der Waals surface area (Å²) in [6.07, 6.45) is 3.14. The molecular formula is C9H7ClFN3O2. The van der Waals surface area contributed by atoms with Crippen LogP contribution in [0.5, 0.6) is 0 Å². The van der Waals surface area contributed by atoms with Gasteiger partial charge in [0.05, 0.1) is 19.0 Å². The summed E-state index contributed by atoms with van der Waals surface area (Å²) in [7, 11) is 0. The van der Waals surface area contributed by atoms with Crippen molar-refractivity contribution in [3.8, 4) is 0 Å². The Morgan fingerprint density at radius 1 is 1.62 bits per heavy atom. The first-order valence-corrected chi connectivity index (χ1v) is 4.83. The molecule has 2 aromatic heterocycles. The van der Waals surface area contributed by atoms with Crippen LogP contribution in [0, 0.1) is 5.82 Å². The van der Waals surface area contributed by atoms with E-state index in [0.717, 1.165) is 11.8 Å². The summed E-state index contributed by atoms with van der Waals surface area (Å²) in [6, 6.07) is 0. The minimum absolute atomic E-state index is 0.203. The number of hydrogen-bond acceptors (Lipinski definition) is 4. The van der Waals surface area contributed by atoms with Gasteiger partial charge in [-0.05, 0) is 0 Å². The molecule has 2 aromatic rings. The van der Waals surface area contributed by atoms with Gasteiger partial charge in [-0.2, -0.15) is 5.10 Å². The third-order valence-electron chi connectivity index (χ3n) is 2.04. The SMILES string of the molecule is O=COCCc1cnn2cc(F)c(Cl)nc12. The fourth-order valence-corrected chi connectivity index (χ4v) is 1.44. The van der Waals surface area contributed by atoms with Crippen molar-refractivity contribution in [2.75, 3.05) is 6.61 Å². The fraction of sp³-hybridized carbons (Fsp3) is 0.222. The van der Waals surface area contributed by atoms with Crippen LogP contribution in [0.3, 0.4) is 0 Å². The first-order valence-electron chi connectivity index (χ1n) is 4.46. The van der Waals surface area contributed by atoms with E-state index in [2.05, 4.69) is 14.8 Å². The van der Waals surface area contributed by atoms with E-state index < -0.39 is 5.82 Å². The first-order chi connectivity index (χ1) is 7.72. The molecule has 0 bridgehead atoms. The highest BCUT2D eigenvalue weighted by Gasteiger charge is 2.09. The second-order valence-corrected chi connectivity index (χ2v) is 3.39. The zero-order valence-corrected chi connectivity index (χ0v) is 8.82. The fourth-order valence-electron chi connectivity index (χ4n) is 1.31. The lowest BCUT2D eigenvalue weighted by Gasteiger charge is -1.99. The summed E-state index contributed by atoms with van der Waals surface area (Å²) >= 11 is 5.56. The zero-order valence-electron chi connectivity index (χ0n) is 8.06. The second kappa shape index (κ2) is 4.44. The van der Waals surface area contributed by atoms with Crippen molar-refractivity contribution in [3.05, 3.63) is 28.9 Å². The van der Waals surface area contributed by atoms with Crippen LogP contribution in [0.2, 0.25) is 5.15 Å². The molecule has 0 atom stereocenters. The van der Waals surface area contributed by atoms with Gasteiger partial charge in [0, 0.05) is 12.0 Å². The standard InChI is InChI=1S/C9H7ClFN3O2/c10-8-7(11)4-14-9(13-8)6(3-12-14)1-2-16-5-15/h3-5H,1-2H2. The number of carbonyl (C=O) groups is 1. The number of fused-ring (bicyclic) bond motifs is 1. The Hall–Kier alpha value is -1.69. The molecule has 0 aliphatic rings. The van der Waals surface area contributed by atoms with Crippen LogP contribution >= 0.6 is 11.6 Å². The molecule has 0 aromatic carbocycles. The third-order valence-corrected chi connectivity index (χ3v) is 2.30. The van der Waals surface area contributed by atoms with Crippen LogP contribution in [0.1, 0.15) is 5.56 Å². The van der Waals surface area contributed by atoms with Gasteiger partial charge in [-0.15, -0.1) is 0 Å². The Labute approximate surface area is 94.8 Å². The predicted molar refractivity (Wildman–Crippen MR) is 53.7 cm³/mol. The van der Waals surface area contributed by atoms with Gasteiger partial charge in [-0.3, -0.25) is 4.79 Å². The molecule has 0 aliphatic heterocycles. The molecule has 2 rings (SSSR count). The van der Waals surface area contributed by atoms with Crippen LogP contribution in [0.25, 0.3) is 5.65 Å². The number of aromatic nitrogens is 3. The van der Waals surface area contributed by atoms with Gasteiger partial charge >= 0.3 is 0 Å². The van der Waals surface area contributed by atoms with Crippen molar-refractivity contribution in [3.63, 3.8) is 0 Å². The predicted octanol–water partition coefficient (Wildman–Crippen LogP) is 1.24. The Bertz CT molecular complexity index is 529. The van der Waals surface area contributed by atoms with E-state index in [1.807, 2.05) is 0 Å². The molecule has 0 fully saturated rings. The summed E-state index contributed by atoms with van der Waals surface area (Å²) in [4.78, 5) is 13.8. The summed E-state index contributed by atoms with van der Waals surface area (Å²) in [5, 5.41) is 3.71. The molecular weight excluding hydrogens is 237 g/mol. The maximum absolute atomic E-state index is 13.0. The average Bonchev–Trinajstić information content (AvgIpc) is 2.63. The number of ether oxygens (including phenoxy) is 1. The molecule has 0 saturated heterocycles. The largest absolute Gasteiger partial charge is 0.468 e. The number of halogens is 2. The monoisotopic (exact) mass is 243 g/mol. The van der Waals surface area contributed by atoms with Crippen LogP contribution in [0.15, 0.2) is 12.4 Å². The molecule has 0 radical (unpaired) electrons. The van der Waals surface area contributed by atoms with Crippen molar-refractivity contribution in [2.24, 2.45) is 0 Å². The van der Waals surface area contributed by atoms with E-state index in [0.29, 0.717) is 18.5 Å². The van der Waals surface area contributed by atoms with Crippen LogP contribution in [-0.2, 0) is 16.0 Å². The molecule has 2 heterocycles. The quantitative estimate of drug-likeness (QED) is 0.461. The second-order valence-electron chi connectivity index (χ2n) is 3.03. The Morgan fingerprint density at radius 2 is 2.44 bits per heavy atom. The molecule has 0 saturated carbocycles. The van der Waals surface area contributed by atoms with Gasteiger partial charge in [0.15, 0.2) is 16.6 Å². The molecule has 0 spiro atoms. The lowest BCUT2D eigenvalue weighted by Crippen LogP contribution is -1.98. The summed E-state index contributed by atoms with van der Waals surface area (Å²) < 4.78 is 18.9. The maximum atomic E-state index is 13.0. The molecule has 0 aliphatic carbocycles. The molecule has 0 N–H and O–H groups in total. The Balaban J connectivity index is 2.32. The minimum Gasteiger partial charge on any atom is -0.468 e. The van der Waals surface area contributed by atoms with E-state index in [4.69, 9.17) is 11.6 Å². The zero-order chi connectivity index (χ0) is 11.5. The van der Waals surface area contributed by atoms with Gasteiger partial charge in [0.25, 0.3) is 6.47 Å². The first kappa shape index (κ1) is 10.8. The number of rotatable bonds is 4. The highest BCUT2D eigenvalue weighted by Crippen LogP contribution is 2.15. The number of nitrogens with zero attached hydrogens (tertiary/aromatic N) is 3. The van der Waals surface area contributed by atoms with E-state index in [9.17, 15) is 9.18 Å². The van der Waals surface area contributed by atoms with Crippen molar-refractivity contribution >= 4 is 23.7 Å². The van der Waals surface area contributed by atoms with E-state index in [1.54, 1.807) is 0 Å². The van der Waals surface area contributed by atoms with E-state index >= 15 is 0 Å². The summed E-state index contributed by atoms with van der Waals surface area (Å²) in [6.45, 7) is 0.591. The lowest BCUT2D eigenvalue weighted by atomic mass is 10.2. The van der Waals surface area contributed by atoms with Crippen LogP contribution in [0.4, 0.5) is 4.39 Å². The highest BCUT2D eigenvalue weighted by molar-refractivity contribution is 6.29. The van der Waals surface area contributed by atoms with Gasteiger partial charge in [-0.25, -0.2) is 13.9 Å². The van der Waals surface area contributed by atoms with E-state index in [1.165, 1.54) is 10.7 Å². The highest BCUT2D eigenvalue weighted by atomic mass is 35.5. The maximum Gasteiger partial charge on any atom is 0.293 e. The molecule has 84 valence electrons. The topological polar surface area (TPSA) is 56.5 Å². The normalized spacial score (nSPS) is 10.6. The molecule has 5 nitrogen and oxygen atoms in total. The van der Waals surface area contributed by atoms with Crippen molar-refractivity contribution in [1.82, 2.24) is 14.6 Å². The number of hydrogen-bond donors (Lipinski definition) is 0. The summed E-state index contributed by atoms with van der Waals surface area (Å²) in [5.41, 5.74) is 1.20. The van der Waals surface area contributed by atoms with Crippen LogP contribution in [-0.4, -0.2) is 27.7 Å². The van der Waals surface area contributed by atoms with Crippen molar-refractivity contribution in [1.29, 1.82) is 0 Å². The van der Waals surface area contributed by atoms with Crippen molar-refractivity contribution in [2.45, 2.75) is 6.42 Å². The van der Waals surface area contributed by atoms with Gasteiger partial charge < -0.3 is 4.74 Å². The van der Waals surface area contributed by atoms with Crippen LogP contribution < -0.4 is 0 Å². The van der Waals surface area contributed by atoms with Gasteiger partial charge in [0.1, 0.15) is 0 Å². The number of carbonyl (C=O) groups excluding carboxylic acids is 1. The molecule has 0 unspecified atom stereocenters. The Morgan fingerprint density at radius 3 is 3.19 bits per heavy atom. The smallest absolute Gasteiger partial charge is 0.293 e. The molecule has 7 heteroatoms. The average molecular weight is 244 g/mol.